The van der Waals surface area contributed by atoms with E-state index in [9.17, 15) is 4.79 Å². The quantitative estimate of drug-likeness (QED) is 0.792. The van der Waals surface area contributed by atoms with E-state index < -0.39 is 5.41 Å². The second-order valence-electron chi connectivity index (χ2n) is 5.97. The Kier molecular flexibility index (Phi) is 4.99. The predicted molar refractivity (Wildman–Crippen MR) is 71.6 cm³/mol. The Hall–Kier alpha value is -0.570. The minimum atomic E-state index is -0.402. The molecule has 1 aliphatic carbocycles. The zero-order chi connectivity index (χ0) is 13.1. The van der Waals surface area contributed by atoms with Crippen molar-refractivity contribution in [1.29, 1.82) is 0 Å². The Labute approximate surface area is 106 Å². The summed E-state index contributed by atoms with van der Waals surface area (Å²) in [7, 11) is 0. The molecular formula is C14H28N2O. The lowest BCUT2D eigenvalue weighted by Crippen LogP contribution is -2.51. The zero-order valence-electron chi connectivity index (χ0n) is 11.8. The van der Waals surface area contributed by atoms with E-state index in [1.165, 1.54) is 12.8 Å². The van der Waals surface area contributed by atoms with Crippen LogP contribution in [0.1, 0.15) is 53.4 Å². The van der Waals surface area contributed by atoms with Crippen LogP contribution in [0.2, 0.25) is 0 Å². The van der Waals surface area contributed by atoms with Crippen LogP contribution in [-0.2, 0) is 4.79 Å². The molecule has 0 aliphatic heterocycles. The Morgan fingerprint density at radius 1 is 1.41 bits per heavy atom. The Morgan fingerprint density at radius 2 is 2.06 bits per heavy atom. The highest BCUT2D eigenvalue weighted by molar-refractivity contribution is 5.82. The van der Waals surface area contributed by atoms with Crippen molar-refractivity contribution >= 4 is 5.91 Å². The molecular weight excluding hydrogens is 212 g/mol. The number of rotatable bonds is 4. The van der Waals surface area contributed by atoms with Gasteiger partial charge in [-0.25, -0.2) is 0 Å². The molecule has 0 saturated heterocycles. The first-order valence-corrected chi connectivity index (χ1v) is 6.95. The van der Waals surface area contributed by atoms with E-state index in [-0.39, 0.29) is 5.91 Å². The van der Waals surface area contributed by atoms with Crippen LogP contribution in [0.5, 0.6) is 0 Å². The van der Waals surface area contributed by atoms with Gasteiger partial charge in [0.25, 0.3) is 0 Å². The van der Waals surface area contributed by atoms with Crippen LogP contribution in [-0.4, -0.2) is 18.5 Å². The second-order valence-corrected chi connectivity index (χ2v) is 5.97. The first-order chi connectivity index (χ1) is 7.94. The molecule has 4 atom stereocenters. The Morgan fingerprint density at radius 3 is 2.59 bits per heavy atom. The van der Waals surface area contributed by atoms with Crippen LogP contribution < -0.4 is 11.1 Å². The summed E-state index contributed by atoms with van der Waals surface area (Å²) < 4.78 is 0. The van der Waals surface area contributed by atoms with Gasteiger partial charge in [0, 0.05) is 12.6 Å². The zero-order valence-corrected chi connectivity index (χ0v) is 11.8. The van der Waals surface area contributed by atoms with E-state index in [2.05, 4.69) is 19.2 Å². The van der Waals surface area contributed by atoms with Crippen molar-refractivity contribution in [3.8, 4) is 0 Å². The predicted octanol–water partition coefficient (Wildman–Crippen LogP) is 2.30. The van der Waals surface area contributed by atoms with Crippen LogP contribution in [0.15, 0.2) is 0 Å². The van der Waals surface area contributed by atoms with Crippen LogP contribution in [0.4, 0.5) is 0 Å². The van der Waals surface area contributed by atoms with Crippen molar-refractivity contribution in [2.45, 2.75) is 59.4 Å². The molecule has 0 aromatic carbocycles. The third-order valence-electron chi connectivity index (χ3n) is 4.80. The maximum absolute atomic E-state index is 12.3. The lowest BCUT2D eigenvalue weighted by molar-refractivity contribution is -0.131. The molecule has 0 radical (unpaired) electrons. The molecule has 1 fully saturated rings. The summed E-state index contributed by atoms with van der Waals surface area (Å²) in [6.07, 6.45) is 4.42. The van der Waals surface area contributed by atoms with E-state index in [1.807, 2.05) is 13.8 Å². The molecule has 3 N–H and O–H groups in total. The third kappa shape index (κ3) is 3.21. The average molecular weight is 240 g/mol. The fraction of sp³-hybridized carbons (Fsp3) is 0.929. The van der Waals surface area contributed by atoms with Gasteiger partial charge in [-0.3, -0.25) is 4.79 Å². The van der Waals surface area contributed by atoms with Crippen LogP contribution in [0.3, 0.4) is 0 Å². The molecule has 0 heterocycles. The van der Waals surface area contributed by atoms with E-state index >= 15 is 0 Å². The minimum absolute atomic E-state index is 0.133. The molecule has 1 rings (SSSR count). The third-order valence-corrected chi connectivity index (χ3v) is 4.80. The maximum atomic E-state index is 12.3. The lowest BCUT2D eigenvalue weighted by Gasteiger charge is -2.37. The van der Waals surface area contributed by atoms with Gasteiger partial charge in [-0.1, -0.05) is 33.6 Å². The largest absolute Gasteiger partial charge is 0.353 e. The van der Waals surface area contributed by atoms with Crippen molar-refractivity contribution in [2.75, 3.05) is 6.54 Å². The standard InChI is InChI=1S/C14H28N2O/c1-5-14(4,9-15)13(17)16-12-8-6-7-10(2)11(12)3/h10-12H,5-9,15H2,1-4H3,(H,16,17). The van der Waals surface area contributed by atoms with Crippen molar-refractivity contribution in [3.05, 3.63) is 0 Å². The van der Waals surface area contributed by atoms with Gasteiger partial charge >= 0.3 is 0 Å². The van der Waals surface area contributed by atoms with Gasteiger partial charge in [0.2, 0.25) is 5.91 Å². The van der Waals surface area contributed by atoms with E-state index in [0.29, 0.717) is 24.4 Å². The summed E-state index contributed by atoms with van der Waals surface area (Å²) in [4.78, 5) is 12.3. The monoisotopic (exact) mass is 240 g/mol. The number of carbonyl (C=O) groups is 1. The highest BCUT2D eigenvalue weighted by atomic mass is 16.2. The normalized spacial score (nSPS) is 32.9. The molecule has 0 spiro atoms. The van der Waals surface area contributed by atoms with Gasteiger partial charge in [-0.15, -0.1) is 0 Å². The number of nitrogens with two attached hydrogens (primary N) is 1. The van der Waals surface area contributed by atoms with Crippen LogP contribution in [0.25, 0.3) is 0 Å². The van der Waals surface area contributed by atoms with Crippen molar-refractivity contribution in [2.24, 2.45) is 23.0 Å². The fourth-order valence-electron chi connectivity index (χ4n) is 2.53. The first-order valence-electron chi connectivity index (χ1n) is 6.95. The summed E-state index contributed by atoms with van der Waals surface area (Å²) in [5.74, 6) is 1.42. The summed E-state index contributed by atoms with van der Waals surface area (Å²) in [6.45, 7) is 8.94. The SMILES string of the molecule is CCC(C)(CN)C(=O)NC1CCCC(C)C1C. The summed E-state index contributed by atoms with van der Waals surface area (Å²) >= 11 is 0. The molecule has 0 aromatic rings. The Bertz CT molecular complexity index is 261. The molecule has 1 amide bonds. The molecule has 1 saturated carbocycles. The van der Waals surface area contributed by atoms with Crippen molar-refractivity contribution < 1.29 is 4.79 Å². The Balaban J connectivity index is 2.61. The maximum Gasteiger partial charge on any atom is 0.227 e. The fourth-order valence-corrected chi connectivity index (χ4v) is 2.53. The molecule has 0 aromatic heterocycles. The number of hydrogen-bond donors (Lipinski definition) is 2. The summed E-state index contributed by atoms with van der Waals surface area (Å²) in [5.41, 5.74) is 5.32. The number of amides is 1. The van der Waals surface area contributed by atoms with E-state index in [0.717, 1.165) is 12.8 Å². The number of carbonyl (C=O) groups excluding carboxylic acids is 1. The molecule has 100 valence electrons. The number of hydrogen-bond acceptors (Lipinski definition) is 2. The smallest absolute Gasteiger partial charge is 0.227 e. The van der Waals surface area contributed by atoms with E-state index in [1.54, 1.807) is 0 Å². The summed E-state index contributed by atoms with van der Waals surface area (Å²) in [5, 5.41) is 3.22. The van der Waals surface area contributed by atoms with Gasteiger partial charge in [0.1, 0.15) is 0 Å². The topological polar surface area (TPSA) is 55.1 Å². The summed E-state index contributed by atoms with van der Waals surface area (Å²) in [6, 6.07) is 0.337. The van der Waals surface area contributed by atoms with Gasteiger partial charge in [-0.2, -0.15) is 0 Å². The molecule has 17 heavy (non-hydrogen) atoms. The minimum Gasteiger partial charge on any atom is -0.353 e. The molecule has 3 heteroatoms. The van der Waals surface area contributed by atoms with Crippen LogP contribution in [0, 0.1) is 17.3 Å². The highest BCUT2D eigenvalue weighted by Crippen LogP contribution is 2.30. The molecule has 1 aliphatic rings. The van der Waals surface area contributed by atoms with Crippen LogP contribution >= 0.6 is 0 Å². The first kappa shape index (κ1) is 14.5. The molecule has 4 unspecified atom stereocenters. The number of nitrogens with one attached hydrogen (secondary N) is 1. The molecule has 3 nitrogen and oxygen atoms in total. The van der Waals surface area contributed by atoms with Gasteiger partial charge < -0.3 is 11.1 Å². The van der Waals surface area contributed by atoms with Gasteiger partial charge in [-0.05, 0) is 31.6 Å². The van der Waals surface area contributed by atoms with Crippen molar-refractivity contribution in [3.63, 3.8) is 0 Å². The van der Waals surface area contributed by atoms with Gasteiger partial charge in [0.15, 0.2) is 0 Å². The molecule has 0 bridgehead atoms. The van der Waals surface area contributed by atoms with E-state index in [4.69, 9.17) is 5.73 Å². The second kappa shape index (κ2) is 5.85. The van der Waals surface area contributed by atoms with Crippen molar-refractivity contribution in [1.82, 2.24) is 5.32 Å². The lowest BCUT2D eigenvalue weighted by atomic mass is 9.77. The average Bonchev–Trinajstić information content (AvgIpc) is 2.33. The highest BCUT2D eigenvalue weighted by Gasteiger charge is 2.34. The van der Waals surface area contributed by atoms with Gasteiger partial charge in [0.05, 0.1) is 5.41 Å².